The summed E-state index contributed by atoms with van der Waals surface area (Å²) >= 11 is 1.29. The molecular weight excluding hydrogens is 448 g/mol. The predicted molar refractivity (Wildman–Crippen MR) is 135 cm³/mol. The lowest BCUT2D eigenvalue weighted by atomic mass is 10.1. The molecule has 0 bridgehead atoms. The van der Waals surface area contributed by atoms with Gasteiger partial charge in [-0.2, -0.15) is 0 Å². The number of ether oxygens (including phenoxy) is 1. The van der Waals surface area contributed by atoms with E-state index in [1.165, 1.54) is 29.5 Å². The summed E-state index contributed by atoms with van der Waals surface area (Å²) < 4.78 is 6.07. The maximum absolute atomic E-state index is 13.1. The average Bonchev–Trinajstić information content (AvgIpc) is 3.12. The SMILES string of the molecule is CCN1C(=O)/C(=C/c2ccccc2OCc2cccc(C)c2)SC1=Nc1ccc(C(=O)O)cc1. The monoisotopic (exact) mass is 472 g/mol. The number of hydrogen-bond acceptors (Lipinski definition) is 5. The fourth-order valence-corrected chi connectivity index (χ4v) is 4.55. The zero-order valence-corrected chi connectivity index (χ0v) is 19.7. The van der Waals surface area contributed by atoms with Crippen molar-refractivity contribution in [1.82, 2.24) is 4.90 Å². The first-order chi connectivity index (χ1) is 16.4. The Bertz CT molecular complexity index is 1280. The number of para-hydroxylation sites is 1. The fraction of sp³-hybridized carbons (Fsp3) is 0.148. The summed E-state index contributed by atoms with van der Waals surface area (Å²) in [4.78, 5) is 30.9. The Morgan fingerprint density at radius 1 is 1.09 bits per heavy atom. The van der Waals surface area contributed by atoms with Crippen molar-refractivity contribution in [2.75, 3.05) is 6.54 Å². The second-order valence-electron chi connectivity index (χ2n) is 7.72. The van der Waals surface area contributed by atoms with E-state index in [4.69, 9.17) is 9.84 Å². The summed E-state index contributed by atoms with van der Waals surface area (Å²) in [7, 11) is 0. The van der Waals surface area contributed by atoms with Gasteiger partial charge in [0, 0.05) is 12.1 Å². The highest BCUT2D eigenvalue weighted by Gasteiger charge is 2.32. The Kier molecular flexibility index (Phi) is 7.13. The largest absolute Gasteiger partial charge is 0.488 e. The zero-order valence-electron chi connectivity index (χ0n) is 18.9. The molecule has 0 saturated carbocycles. The lowest BCUT2D eigenvalue weighted by molar-refractivity contribution is -0.122. The van der Waals surface area contributed by atoms with Gasteiger partial charge in [0.2, 0.25) is 0 Å². The second kappa shape index (κ2) is 10.4. The van der Waals surface area contributed by atoms with Crippen LogP contribution in [0.1, 0.15) is 34.0 Å². The van der Waals surface area contributed by atoms with Crippen LogP contribution in [0.5, 0.6) is 5.75 Å². The van der Waals surface area contributed by atoms with Gasteiger partial charge in [0.15, 0.2) is 5.17 Å². The van der Waals surface area contributed by atoms with E-state index in [-0.39, 0.29) is 11.5 Å². The van der Waals surface area contributed by atoms with Crippen LogP contribution in [0.4, 0.5) is 5.69 Å². The van der Waals surface area contributed by atoms with E-state index in [9.17, 15) is 9.59 Å². The fourth-order valence-electron chi connectivity index (χ4n) is 3.49. The van der Waals surface area contributed by atoms with Gasteiger partial charge in [0.05, 0.1) is 16.2 Å². The molecule has 3 aromatic rings. The van der Waals surface area contributed by atoms with Crippen molar-refractivity contribution < 1.29 is 19.4 Å². The van der Waals surface area contributed by atoms with Crippen LogP contribution in [0.15, 0.2) is 82.7 Å². The molecule has 6 nitrogen and oxygen atoms in total. The van der Waals surface area contributed by atoms with E-state index in [0.717, 1.165) is 11.1 Å². The van der Waals surface area contributed by atoms with Crippen molar-refractivity contribution in [3.63, 3.8) is 0 Å². The average molecular weight is 473 g/mol. The standard InChI is InChI=1S/C27H24N2O4S/c1-3-29-25(30)24(34-27(29)28-22-13-11-20(12-14-22)26(31)32)16-21-9-4-5-10-23(21)33-17-19-8-6-7-18(2)15-19/h4-16H,3,17H2,1-2H3,(H,31,32)/b24-16-,28-27?. The molecule has 0 unspecified atom stereocenters. The Morgan fingerprint density at radius 3 is 2.56 bits per heavy atom. The van der Waals surface area contributed by atoms with Gasteiger partial charge < -0.3 is 9.84 Å². The van der Waals surface area contributed by atoms with Crippen molar-refractivity contribution in [3.05, 3.63) is 100.0 Å². The van der Waals surface area contributed by atoms with Gasteiger partial charge in [-0.3, -0.25) is 9.69 Å². The van der Waals surface area contributed by atoms with Crippen LogP contribution in [0.2, 0.25) is 0 Å². The molecule has 0 aliphatic carbocycles. The first kappa shape index (κ1) is 23.3. The van der Waals surface area contributed by atoms with E-state index < -0.39 is 5.97 Å². The van der Waals surface area contributed by atoms with Crippen LogP contribution in [0, 0.1) is 6.92 Å². The van der Waals surface area contributed by atoms with Crippen molar-refractivity contribution in [2.24, 2.45) is 4.99 Å². The summed E-state index contributed by atoms with van der Waals surface area (Å²) in [5.74, 6) is -0.419. The van der Waals surface area contributed by atoms with Gasteiger partial charge >= 0.3 is 5.97 Å². The molecule has 172 valence electrons. The van der Waals surface area contributed by atoms with E-state index >= 15 is 0 Å². The molecular formula is C27H24N2O4S. The van der Waals surface area contributed by atoms with Gasteiger partial charge in [-0.05, 0) is 67.6 Å². The molecule has 34 heavy (non-hydrogen) atoms. The first-order valence-electron chi connectivity index (χ1n) is 10.9. The Hall–Kier alpha value is -3.84. The van der Waals surface area contributed by atoms with E-state index in [1.54, 1.807) is 17.0 Å². The number of amidine groups is 1. The maximum atomic E-state index is 13.1. The number of likely N-dealkylation sites (N-methyl/N-ethyl adjacent to an activating group) is 1. The molecule has 0 spiro atoms. The molecule has 0 radical (unpaired) electrons. The van der Waals surface area contributed by atoms with Gasteiger partial charge in [0.1, 0.15) is 12.4 Å². The Morgan fingerprint density at radius 2 is 1.85 bits per heavy atom. The number of rotatable bonds is 7. The smallest absolute Gasteiger partial charge is 0.335 e. The predicted octanol–water partition coefficient (Wildman–Crippen LogP) is 5.90. The second-order valence-corrected chi connectivity index (χ2v) is 8.73. The number of carboxylic acids is 1. The third kappa shape index (κ3) is 5.38. The summed E-state index contributed by atoms with van der Waals surface area (Å²) in [6.07, 6.45) is 1.83. The van der Waals surface area contributed by atoms with Crippen LogP contribution in [0.25, 0.3) is 6.08 Å². The minimum absolute atomic E-state index is 0.123. The topological polar surface area (TPSA) is 79.2 Å². The molecule has 3 aromatic carbocycles. The highest BCUT2D eigenvalue weighted by molar-refractivity contribution is 8.18. The van der Waals surface area contributed by atoms with Crippen LogP contribution >= 0.6 is 11.8 Å². The molecule has 1 fully saturated rings. The lowest BCUT2D eigenvalue weighted by Gasteiger charge is -2.12. The van der Waals surface area contributed by atoms with Gasteiger partial charge in [-0.25, -0.2) is 9.79 Å². The summed E-state index contributed by atoms with van der Waals surface area (Å²) in [5, 5.41) is 9.63. The number of carbonyl (C=O) groups is 2. The van der Waals surface area contributed by atoms with Crippen LogP contribution < -0.4 is 4.74 Å². The van der Waals surface area contributed by atoms with E-state index in [0.29, 0.717) is 34.7 Å². The van der Waals surface area contributed by atoms with E-state index in [2.05, 4.69) is 11.1 Å². The normalized spacial score (nSPS) is 15.8. The molecule has 0 atom stereocenters. The molecule has 1 aliphatic heterocycles. The molecule has 7 heteroatoms. The number of aryl methyl sites for hydroxylation is 1. The molecule has 0 aromatic heterocycles. The number of aromatic carboxylic acids is 1. The number of carboxylic acid groups (broad SMARTS) is 1. The summed E-state index contributed by atoms with van der Waals surface area (Å²) in [6, 6.07) is 22.0. The number of aliphatic imine (C=N–C) groups is 1. The van der Waals surface area contributed by atoms with E-state index in [1.807, 2.05) is 62.4 Å². The van der Waals surface area contributed by atoms with Crippen LogP contribution in [0.3, 0.4) is 0 Å². The summed E-state index contributed by atoms with van der Waals surface area (Å²) in [6.45, 7) is 4.84. The lowest BCUT2D eigenvalue weighted by Crippen LogP contribution is -2.28. The third-order valence-corrected chi connectivity index (χ3v) is 6.23. The number of amides is 1. The minimum Gasteiger partial charge on any atom is -0.488 e. The van der Waals surface area contributed by atoms with Crippen molar-refractivity contribution in [1.29, 1.82) is 0 Å². The highest BCUT2D eigenvalue weighted by Crippen LogP contribution is 2.35. The maximum Gasteiger partial charge on any atom is 0.335 e. The van der Waals surface area contributed by atoms with Crippen molar-refractivity contribution in [2.45, 2.75) is 20.5 Å². The van der Waals surface area contributed by atoms with Gasteiger partial charge in [-0.15, -0.1) is 0 Å². The molecule has 4 rings (SSSR count). The Labute approximate surface area is 202 Å². The molecule has 1 N–H and O–H groups in total. The van der Waals surface area contributed by atoms with Gasteiger partial charge in [0.25, 0.3) is 5.91 Å². The molecule has 1 saturated heterocycles. The quantitative estimate of drug-likeness (QED) is 0.433. The van der Waals surface area contributed by atoms with Crippen LogP contribution in [-0.2, 0) is 11.4 Å². The van der Waals surface area contributed by atoms with Gasteiger partial charge in [-0.1, -0.05) is 48.0 Å². The van der Waals surface area contributed by atoms with Crippen molar-refractivity contribution >= 4 is 40.6 Å². The first-order valence-corrected chi connectivity index (χ1v) is 11.7. The molecule has 1 heterocycles. The minimum atomic E-state index is -0.992. The number of thioether (sulfide) groups is 1. The molecule has 1 aliphatic rings. The zero-order chi connectivity index (χ0) is 24.1. The Balaban J connectivity index is 1.57. The number of carbonyl (C=O) groups excluding carboxylic acids is 1. The number of hydrogen-bond donors (Lipinski definition) is 1. The third-order valence-electron chi connectivity index (χ3n) is 5.23. The van der Waals surface area contributed by atoms with Crippen LogP contribution in [-0.4, -0.2) is 33.6 Å². The number of benzene rings is 3. The number of nitrogens with zero attached hydrogens (tertiary/aromatic N) is 2. The molecule has 1 amide bonds. The summed E-state index contributed by atoms with van der Waals surface area (Å²) in [5.41, 5.74) is 3.84. The van der Waals surface area contributed by atoms with Crippen molar-refractivity contribution in [3.8, 4) is 5.75 Å². The highest BCUT2D eigenvalue weighted by atomic mass is 32.2.